The van der Waals surface area contributed by atoms with E-state index in [1.807, 2.05) is 0 Å². The first kappa shape index (κ1) is 15.0. The van der Waals surface area contributed by atoms with Crippen LogP contribution in [0.1, 0.15) is 36.6 Å². The molecule has 1 atom stereocenters. The highest BCUT2D eigenvalue weighted by molar-refractivity contribution is 6.31. The number of nitrogens with one attached hydrogen (secondary N) is 1. The molecule has 1 unspecified atom stereocenters. The van der Waals surface area contributed by atoms with Crippen molar-refractivity contribution in [1.82, 2.24) is 5.32 Å². The SMILES string of the molecule is CCc1ccc(C(C)NCc2c(F)cccc2Cl)cc1. The van der Waals surface area contributed by atoms with Gasteiger partial charge in [-0.25, -0.2) is 4.39 Å². The lowest BCUT2D eigenvalue weighted by atomic mass is 10.0. The Morgan fingerprint density at radius 2 is 1.85 bits per heavy atom. The monoisotopic (exact) mass is 291 g/mol. The van der Waals surface area contributed by atoms with Gasteiger partial charge in [0.1, 0.15) is 5.82 Å². The molecule has 0 aliphatic carbocycles. The molecule has 106 valence electrons. The molecule has 20 heavy (non-hydrogen) atoms. The van der Waals surface area contributed by atoms with Gasteiger partial charge in [0.15, 0.2) is 0 Å². The van der Waals surface area contributed by atoms with Crippen molar-refractivity contribution in [3.8, 4) is 0 Å². The Bertz CT molecular complexity index is 545. The Morgan fingerprint density at radius 3 is 2.45 bits per heavy atom. The third kappa shape index (κ3) is 3.59. The predicted octanol–water partition coefficient (Wildman–Crippen LogP) is 4.89. The van der Waals surface area contributed by atoms with Gasteiger partial charge in [-0.15, -0.1) is 0 Å². The standard InChI is InChI=1S/C17H19ClFN/c1-3-13-7-9-14(10-8-13)12(2)20-11-15-16(18)5-4-6-17(15)19/h4-10,12,20H,3,11H2,1-2H3. The second-order valence-electron chi connectivity index (χ2n) is 4.90. The zero-order chi connectivity index (χ0) is 14.5. The van der Waals surface area contributed by atoms with Crippen molar-refractivity contribution in [2.24, 2.45) is 0 Å². The van der Waals surface area contributed by atoms with E-state index in [0.717, 1.165) is 6.42 Å². The number of aryl methyl sites for hydroxylation is 1. The van der Waals surface area contributed by atoms with E-state index in [2.05, 4.69) is 43.4 Å². The molecule has 0 heterocycles. The first-order valence-electron chi connectivity index (χ1n) is 6.87. The van der Waals surface area contributed by atoms with Crippen molar-refractivity contribution in [3.63, 3.8) is 0 Å². The average molecular weight is 292 g/mol. The first-order valence-corrected chi connectivity index (χ1v) is 7.24. The van der Waals surface area contributed by atoms with Crippen LogP contribution in [-0.2, 0) is 13.0 Å². The van der Waals surface area contributed by atoms with Gasteiger partial charge in [-0.05, 0) is 36.6 Å². The van der Waals surface area contributed by atoms with Crippen LogP contribution in [0.4, 0.5) is 4.39 Å². The third-order valence-corrected chi connectivity index (χ3v) is 3.89. The Morgan fingerprint density at radius 1 is 1.15 bits per heavy atom. The minimum absolute atomic E-state index is 0.150. The van der Waals surface area contributed by atoms with Crippen LogP contribution in [-0.4, -0.2) is 0 Å². The second kappa shape index (κ2) is 6.87. The summed E-state index contributed by atoms with van der Waals surface area (Å²) in [4.78, 5) is 0. The van der Waals surface area contributed by atoms with Crippen molar-refractivity contribution in [2.75, 3.05) is 0 Å². The number of rotatable bonds is 5. The van der Waals surface area contributed by atoms with Crippen LogP contribution in [0.5, 0.6) is 0 Å². The molecule has 0 spiro atoms. The van der Waals surface area contributed by atoms with Crippen molar-refractivity contribution in [1.29, 1.82) is 0 Å². The molecule has 1 N–H and O–H groups in total. The first-order chi connectivity index (χ1) is 9.61. The summed E-state index contributed by atoms with van der Waals surface area (Å²) in [6.45, 7) is 4.62. The van der Waals surface area contributed by atoms with Gasteiger partial charge >= 0.3 is 0 Å². The Kier molecular flexibility index (Phi) is 5.16. The average Bonchev–Trinajstić information content (AvgIpc) is 2.46. The fourth-order valence-electron chi connectivity index (χ4n) is 2.12. The van der Waals surface area contributed by atoms with E-state index in [1.54, 1.807) is 12.1 Å². The summed E-state index contributed by atoms with van der Waals surface area (Å²) in [7, 11) is 0. The molecule has 2 aromatic carbocycles. The molecule has 0 fully saturated rings. The summed E-state index contributed by atoms with van der Waals surface area (Å²) in [5.41, 5.74) is 3.03. The summed E-state index contributed by atoms with van der Waals surface area (Å²) in [6, 6.07) is 13.4. The molecule has 2 aromatic rings. The number of halogens is 2. The number of hydrogen-bond donors (Lipinski definition) is 1. The van der Waals surface area contributed by atoms with Gasteiger partial charge in [0, 0.05) is 23.2 Å². The Balaban J connectivity index is 2.02. The molecule has 0 aliphatic rings. The highest BCUT2D eigenvalue weighted by Gasteiger charge is 2.09. The zero-order valence-corrected chi connectivity index (χ0v) is 12.5. The molecule has 2 rings (SSSR count). The lowest BCUT2D eigenvalue weighted by Gasteiger charge is -2.15. The van der Waals surface area contributed by atoms with E-state index in [4.69, 9.17) is 11.6 Å². The lowest BCUT2D eigenvalue weighted by molar-refractivity contribution is 0.544. The van der Waals surface area contributed by atoms with Crippen LogP contribution in [0, 0.1) is 5.82 Å². The molecule has 1 nitrogen and oxygen atoms in total. The predicted molar refractivity (Wildman–Crippen MR) is 82.5 cm³/mol. The molecule has 0 radical (unpaired) electrons. The molecule has 0 bridgehead atoms. The van der Waals surface area contributed by atoms with E-state index in [1.165, 1.54) is 17.2 Å². The summed E-state index contributed by atoms with van der Waals surface area (Å²) >= 11 is 6.02. The molecule has 0 saturated heterocycles. The highest BCUT2D eigenvalue weighted by atomic mass is 35.5. The fraction of sp³-hybridized carbons (Fsp3) is 0.294. The molecular weight excluding hydrogens is 273 g/mol. The van der Waals surface area contributed by atoms with Gasteiger partial charge in [-0.3, -0.25) is 0 Å². The quantitative estimate of drug-likeness (QED) is 0.827. The largest absolute Gasteiger partial charge is 0.306 e. The smallest absolute Gasteiger partial charge is 0.129 e. The minimum Gasteiger partial charge on any atom is -0.306 e. The van der Waals surface area contributed by atoms with Crippen LogP contribution in [0.2, 0.25) is 5.02 Å². The van der Waals surface area contributed by atoms with Crippen LogP contribution in [0.15, 0.2) is 42.5 Å². The van der Waals surface area contributed by atoms with Crippen LogP contribution >= 0.6 is 11.6 Å². The molecule has 0 amide bonds. The topological polar surface area (TPSA) is 12.0 Å². The van der Waals surface area contributed by atoms with Crippen LogP contribution < -0.4 is 5.32 Å². The van der Waals surface area contributed by atoms with Gasteiger partial charge < -0.3 is 5.32 Å². The van der Waals surface area contributed by atoms with Crippen molar-refractivity contribution in [2.45, 2.75) is 32.9 Å². The van der Waals surface area contributed by atoms with Crippen molar-refractivity contribution >= 4 is 11.6 Å². The van der Waals surface area contributed by atoms with E-state index < -0.39 is 0 Å². The Hall–Kier alpha value is -1.38. The highest BCUT2D eigenvalue weighted by Crippen LogP contribution is 2.20. The molecule has 0 aliphatic heterocycles. The van der Waals surface area contributed by atoms with E-state index in [9.17, 15) is 4.39 Å². The summed E-state index contributed by atoms with van der Waals surface area (Å²) in [6.07, 6.45) is 1.03. The molecule has 0 aromatic heterocycles. The van der Waals surface area contributed by atoms with Gasteiger partial charge in [-0.2, -0.15) is 0 Å². The van der Waals surface area contributed by atoms with E-state index in [-0.39, 0.29) is 11.9 Å². The maximum absolute atomic E-state index is 13.7. The molecule has 0 saturated carbocycles. The summed E-state index contributed by atoms with van der Waals surface area (Å²) < 4.78 is 13.7. The number of benzene rings is 2. The van der Waals surface area contributed by atoms with Crippen LogP contribution in [0.25, 0.3) is 0 Å². The zero-order valence-electron chi connectivity index (χ0n) is 11.8. The summed E-state index contributed by atoms with van der Waals surface area (Å²) in [5.74, 6) is -0.265. The van der Waals surface area contributed by atoms with E-state index >= 15 is 0 Å². The third-order valence-electron chi connectivity index (χ3n) is 3.53. The fourth-order valence-corrected chi connectivity index (χ4v) is 2.35. The molecular formula is C17H19ClFN. The van der Waals surface area contributed by atoms with Crippen molar-refractivity contribution in [3.05, 3.63) is 70.0 Å². The Labute approximate surface area is 124 Å². The van der Waals surface area contributed by atoms with Crippen LogP contribution in [0.3, 0.4) is 0 Å². The molecule has 3 heteroatoms. The maximum atomic E-state index is 13.7. The van der Waals surface area contributed by atoms with Gasteiger partial charge in [0.05, 0.1) is 0 Å². The van der Waals surface area contributed by atoms with Crippen molar-refractivity contribution < 1.29 is 4.39 Å². The van der Waals surface area contributed by atoms with Gasteiger partial charge in [-0.1, -0.05) is 48.9 Å². The van der Waals surface area contributed by atoms with E-state index in [0.29, 0.717) is 17.1 Å². The van der Waals surface area contributed by atoms with Gasteiger partial charge in [0.25, 0.3) is 0 Å². The second-order valence-corrected chi connectivity index (χ2v) is 5.31. The number of hydrogen-bond acceptors (Lipinski definition) is 1. The summed E-state index contributed by atoms with van der Waals surface area (Å²) in [5, 5.41) is 3.77. The maximum Gasteiger partial charge on any atom is 0.129 e. The normalized spacial score (nSPS) is 12.4. The lowest BCUT2D eigenvalue weighted by Crippen LogP contribution is -2.19. The minimum atomic E-state index is -0.265. The van der Waals surface area contributed by atoms with Gasteiger partial charge in [0.2, 0.25) is 0 Å².